The summed E-state index contributed by atoms with van der Waals surface area (Å²) in [6, 6.07) is 7.29. The van der Waals surface area contributed by atoms with Crippen molar-refractivity contribution in [3.8, 4) is 5.75 Å². The number of carbonyl (C=O) groups is 1. The lowest BCUT2D eigenvalue weighted by molar-refractivity contribution is -0.124. The Morgan fingerprint density at radius 2 is 2.20 bits per heavy atom. The minimum absolute atomic E-state index is 0.0482. The number of anilines is 1. The molecular formula is C15H23N3O2. The highest BCUT2D eigenvalue weighted by molar-refractivity contribution is 5.77. The number of nitrogens with one attached hydrogen (secondary N) is 1. The minimum atomic E-state index is -0.0650. The average Bonchev–Trinajstić information content (AvgIpc) is 2.47. The molecule has 0 aromatic heterocycles. The van der Waals surface area contributed by atoms with Gasteiger partial charge in [0.1, 0.15) is 5.75 Å². The molecule has 1 aromatic rings. The molecule has 20 heavy (non-hydrogen) atoms. The highest BCUT2D eigenvalue weighted by Gasteiger charge is 2.20. The third kappa shape index (κ3) is 4.42. The number of benzene rings is 1. The van der Waals surface area contributed by atoms with E-state index in [-0.39, 0.29) is 18.6 Å². The van der Waals surface area contributed by atoms with E-state index in [4.69, 9.17) is 10.5 Å². The van der Waals surface area contributed by atoms with Crippen LogP contribution in [0.25, 0.3) is 0 Å². The van der Waals surface area contributed by atoms with Crippen LogP contribution in [-0.2, 0) is 4.79 Å². The van der Waals surface area contributed by atoms with Gasteiger partial charge in [0.05, 0.1) is 0 Å². The van der Waals surface area contributed by atoms with E-state index in [1.807, 2.05) is 0 Å². The van der Waals surface area contributed by atoms with E-state index < -0.39 is 0 Å². The first-order chi connectivity index (χ1) is 9.67. The van der Waals surface area contributed by atoms with Gasteiger partial charge in [0.2, 0.25) is 0 Å². The number of carbonyl (C=O) groups excluding carboxylic acids is 1. The molecule has 0 bridgehead atoms. The first-order valence-corrected chi connectivity index (χ1v) is 7.17. The zero-order chi connectivity index (χ0) is 14.4. The number of hydrogen-bond acceptors (Lipinski definition) is 4. The van der Waals surface area contributed by atoms with Crippen LogP contribution in [0.4, 0.5) is 5.69 Å². The fourth-order valence-corrected chi connectivity index (χ4v) is 2.44. The highest BCUT2D eigenvalue weighted by atomic mass is 16.5. The molecule has 5 nitrogen and oxygen atoms in total. The Morgan fingerprint density at radius 1 is 1.45 bits per heavy atom. The van der Waals surface area contributed by atoms with Crippen molar-refractivity contribution in [2.75, 3.05) is 32.0 Å². The Bertz CT molecular complexity index is 433. The van der Waals surface area contributed by atoms with Crippen molar-refractivity contribution in [1.82, 2.24) is 10.2 Å². The summed E-state index contributed by atoms with van der Waals surface area (Å²) in [6.07, 6.45) is 2.18. The van der Waals surface area contributed by atoms with Crippen LogP contribution in [0.3, 0.4) is 0 Å². The quantitative estimate of drug-likeness (QED) is 0.795. The maximum Gasteiger partial charge on any atom is 0.258 e. The number of ether oxygens (including phenoxy) is 1. The second-order valence-corrected chi connectivity index (χ2v) is 5.16. The SMILES string of the molecule is CCN1CCCC(NC(=O)COc2ccc(N)cc2)C1. The molecule has 0 aliphatic carbocycles. The minimum Gasteiger partial charge on any atom is -0.484 e. The number of likely N-dealkylation sites (N-methyl/N-ethyl adjacent to an activating group) is 1. The molecule has 1 saturated heterocycles. The van der Waals surface area contributed by atoms with E-state index in [0.717, 1.165) is 32.5 Å². The van der Waals surface area contributed by atoms with Crippen molar-refractivity contribution >= 4 is 11.6 Å². The summed E-state index contributed by atoms with van der Waals surface area (Å²) in [4.78, 5) is 14.2. The highest BCUT2D eigenvalue weighted by Crippen LogP contribution is 2.13. The smallest absolute Gasteiger partial charge is 0.258 e. The number of rotatable bonds is 5. The van der Waals surface area contributed by atoms with Gasteiger partial charge in [0, 0.05) is 18.3 Å². The first kappa shape index (κ1) is 14.7. The second kappa shape index (κ2) is 7.14. The van der Waals surface area contributed by atoms with E-state index in [9.17, 15) is 4.79 Å². The topological polar surface area (TPSA) is 67.6 Å². The van der Waals surface area contributed by atoms with Crippen LogP contribution in [0.1, 0.15) is 19.8 Å². The monoisotopic (exact) mass is 277 g/mol. The fourth-order valence-electron chi connectivity index (χ4n) is 2.44. The molecule has 5 heteroatoms. The van der Waals surface area contributed by atoms with Gasteiger partial charge in [-0.15, -0.1) is 0 Å². The van der Waals surface area contributed by atoms with Crippen LogP contribution in [0.2, 0.25) is 0 Å². The number of hydrogen-bond donors (Lipinski definition) is 2. The summed E-state index contributed by atoms with van der Waals surface area (Å²) in [5.41, 5.74) is 6.28. The van der Waals surface area contributed by atoms with Gasteiger partial charge >= 0.3 is 0 Å². The molecule has 0 radical (unpaired) electrons. The lowest BCUT2D eigenvalue weighted by Crippen LogP contribution is -2.48. The third-order valence-corrected chi connectivity index (χ3v) is 3.57. The number of amides is 1. The standard InChI is InChI=1S/C15H23N3O2/c1-2-18-9-3-4-13(10-18)17-15(19)11-20-14-7-5-12(16)6-8-14/h5-8,13H,2-4,9-11,16H2,1H3,(H,17,19). The molecular weight excluding hydrogens is 254 g/mol. The maximum atomic E-state index is 11.9. The van der Waals surface area contributed by atoms with Gasteiger partial charge in [-0.3, -0.25) is 4.79 Å². The molecule has 3 N–H and O–H groups in total. The predicted octanol–water partition coefficient (Wildman–Crippen LogP) is 1.25. The summed E-state index contributed by atoms with van der Waals surface area (Å²) >= 11 is 0. The van der Waals surface area contributed by atoms with E-state index in [1.54, 1.807) is 24.3 Å². The zero-order valence-corrected chi connectivity index (χ0v) is 12.0. The molecule has 1 aliphatic rings. The molecule has 0 saturated carbocycles. The summed E-state index contributed by atoms with van der Waals surface area (Å²) in [6.45, 7) is 5.30. The lowest BCUT2D eigenvalue weighted by Gasteiger charge is -2.32. The number of nitrogens with zero attached hydrogens (tertiary/aromatic N) is 1. The number of nitrogens with two attached hydrogens (primary N) is 1. The fraction of sp³-hybridized carbons (Fsp3) is 0.533. The van der Waals surface area contributed by atoms with Crippen LogP contribution in [0.15, 0.2) is 24.3 Å². The van der Waals surface area contributed by atoms with Crippen molar-refractivity contribution < 1.29 is 9.53 Å². The zero-order valence-electron chi connectivity index (χ0n) is 12.0. The van der Waals surface area contributed by atoms with Gasteiger partial charge in [-0.05, 0) is 50.2 Å². The third-order valence-electron chi connectivity index (χ3n) is 3.57. The van der Waals surface area contributed by atoms with E-state index in [1.165, 1.54) is 0 Å². The van der Waals surface area contributed by atoms with Crippen LogP contribution < -0.4 is 15.8 Å². The van der Waals surface area contributed by atoms with Crippen LogP contribution in [0, 0.1) is 0 Å². The molecule has 0 spiro atoms. The summed E-state index contributed by atoms with van der Waals surface area (Å²) in [7, 11) is 0. The average molecular weight is 277 g/mol. The second-order valence-electron chi connectivity index (χ2n) is 5.16. The molecule has 1 amide bonds. The molecule has 1 aromatic carbocycles. The van der Waals surface area contributed by atoms with Crippen molar-refractivity contribution in [2.45, 2.75) is 25.8 Å². The summed E-state index contributed by atoms with van der Waals surface area (Å²) in [5.74, 6) is 0.595. The van der Waals surface area contributed by atoms with Gasteiger partial charge in [-0.25, -0.2) is 0 Å². The van der Waals surface area contributed by atoms with Gasteiger partial charge < -0.3 is 20.7 Å². The van der Waals surface area contributed by atoms with Crippen molar-refractivity contribution in [1.29, 1.82) is 0 Å². The van der Waals surface area contributed by atoms with Crippen LogP contribution in [0.5, 0.6) is 5.75 Å². The molecule has 110 valence electrons. The summed E-state index contributed by atoms with van der Waals surface area (Å²) in [5, 5.41) is 3.03. The van der Waals surface area contributed by atoms with Gasteiger partial charge in [0.15, 0.2) is 6.61 Å². The number of likely N-dealkylation sites (tertiary alicyclic amines) is 1. The number of piperidine rings is 1. The molecule has 1 atom stereocenters. The Morgan fingerprint density at radius 3 is 2.90 bits per heavy atom. The first-order valence-electron chi connectivity index (χ1n) is 7.17. The van der Waals surface area contributed by atoms with Crippen molar-refractivity contribution in [3.63, 3.8) is 0 Å². The van der Waals surface area contributed by atoms with Crippen molar-refractivity contribution in [3.05, 3.63) is 24.3 Å². The predicted molar refractivity (Wildman–Crippen MR) is 79.6 cm³/mol. The van der Waals surface area contributed by atoms with Crippen molar-refractivity contribution in [2.24, 2.45) is 0 Å². The molecule has 1 unspecified atom stereocenters. The Hall–Kier alpha value is -1.75. The molecule has 1 fully saturated rings. The van der Waals surface area contributed by atoms with E-state index in [2.05, 4.69) is 17.1 Å². The summed E-state index contributed by atoms with van der Waals surface area (Å²) < 4.78 is 5.44. The van der Waals surface area contributed by atoms with Gasteiger partial charge in [-0.2, -0.15) is 0 Å². The largest absolute Gasteiger partial charge is 0.484 e. The number of nitrogen functional groups attached to an aromatic ring is 1. The van der Waals surface area contributed by atoms with Gasteiger partial charge in [0.25, 0.3) is 5.91 Å². The van der Waals surface area contributed by atoms with E-state index >= 15 is 0 Å². The van der Waals surface area contributed by atoms with Crippen LogP contribution >= 0.6 is 0 Å². The Kier molecular flexibility index (Phi) is 5.24. The molecule has 2 rings (SSSR count). The Balaban J connectivity index is 1.73. The molecule has 1 heterocycles. The molecule has 1 aliphatic heterocycles. The van der Waals surface area contributed by atoms with Crippen LogP contribution in [-0.4, -0.2) is 43.1 Å². The van der Waals surface area contributed by atoms with Gasteiger partial charge in [-0.1, -0.05) is 6.92 Å². The Labute approximate surface area is 120 Å². The maximum absolute atomic E-state index is 11.9. The lowest BCUT2D eigenvalue weighted by atomic mass is 10.1. The normalized spacial score (nSPS) is 19.6. The van der Waals surface area contributed by atoms with E-state index in [0.29, 0.717) is 11.4 Å².